The number of aliphatic hydroxyl groups excluding tert-OH is 1. The van der Waals surface area contributed by atoms with Crippen molar-refractivity contribution in [2.45, 2.75) is 36.8 Å². The predicted molar refractivity (Wildman–Crippen MR) is 73.6 cm³/mol. The lowest BCUT2D eigenvalue weighted by Crippen LogP contribution is -2.52. The molecular weight excluding hydrogens is 296 g/mol. The molecule has 1 aromatic carbocycles. The van der Waals surface area contributed by atoms with Crippen LogP contribution in [0.5, 0.6) is 0 Å². The van der Waals surface area contributed by atoms with Gasteiger partial charge in [-0.25, -0.2) is 8.42 Å². The van der Waals surface area contributed by atoms with Crippen LogP contribution in [0.4, 0.5) is 0 Å². The lowest BCUT2D eigenvalue weighted by molar-refractivity contribution is -0.134. The van der Waals surface area contributed by atoms with Gasteiger partial charge in [0.05, 0.1) is 11.0 Å². The smallest absolute Gasteiger partial charge is 0.244 e. The monoisotopic (exact) mass is 312 g/mol. The fraction of sp³-hybridized carbons (Fsp3) is 0.385. The summed E-state index contributed by atoms with van der Waals surface area (Å²) in [7, 11) is -3.90. The second-order valence-electron chi connectivity index (χ2n) is 4.87. The molecule has 3 N–H and O–H groups in total. The van der Waals surface area contributed by atoms with Crippen molar-refractivity contribution in [1.29, 1.82) is 0 Å². The van der Waals surface area contributed by atoms with Crippen molar-refractivity contribution in [2.24, 2.45) is 0 Å². The van der Waals surface area contributed by atoms with Gasteiger partial charge >= 0.3 is 0 Å². The second kappa shape index (κ2) is 5.92. The van der Waals surface area contributed by atoms with Crippen LogP contribution in [-0.2, 0) is 19.6 Å². The van der Waals surface area contributed by atoms with Gasteiger partial charge in [0.25, 0.3) is 0 Å². The Kier molecular flexibility index (Phi) is 4.40. The van der Waals surface area contributed by atoms with Gasteiger partial charge in [-0.1, -0.05) is 12.1 Å². The SMILES string of the molecule is CC(O)c1cccc(S(=O)(=O)NC2CCC(=O)NC2=O)c1. The first-order valence-electron chi connectivity index (χ1n) is 6.43. The van der Waals surface area contributed by atoms with Crippen LogP contribution in [-0.4, -0.2) is 31.4 Å². The number of amides is 2. The second-order valence-corrected chi connectivity index (χ2v) is 6.59. The normalized spacial score (nSPS) is 21.0. The Morgan fingerprint density at radius 2 is 2.10 bits per heavy atom. The summed E-state index contributed by atoms with van der Waals surface area (Å²) in [5.41, 5.74) is 0.459. The lowest BCUT2D eigenvalue weighted by atomic mass is 10.1. The summed E-state index contributed by atoms with van der Waals surface area (Å²) in [6.07, 6.45) is -0.581. The van der Waals surface area contributed by atoms with Crippen molar-refractivity contribution in [3.05, 3.63) is 29.8 Å². The number of carbonyl (C=O) groups excluding carboxylic acids is 2. The largest absolute Gasteiger partial charge is 0.389 e. The minimum absolute atomic E-state index is 0.0365. The Labute approximate surface area is 122 Å². The Hall–Kier alpha value is -1.77. The highest BCUT2D eigenvalue weighted by atomic mass is 32.2. The molecular formula is C13H16N2O5S. The van der Waals surface area contributed by atoms with Crippen molar-refractivity contribution < 1.29 is 23.1 Å². The molecule has 2 rings (SSSR count). The van der Waals surface area contributed by atoms with Gasteiger partial charge in [0.15, 0.2) is 0 Å². The van der Waals surface area contributed by atoms with E-state index in [2.05, 4.69) is 10.0 Å². The van der Waals surface area contributed by atoms with Gasteiger partial charge in [0, 0.05) is 6.42 Å². The molecule has 0 saturated carbocycles. The number of aliphatic hydroxyl groups is 1. The minimum Gasteiger partial charge on any atom is -0.389 e. The van der Waals surface area contributed by atoms with Crippen molar-refractivity contribution in [2.75, 3.05) is 0 Å². The van der Waals surface area contributed by atoms with Crippen LogP contribution in [0, 0.1) is 0 Å². The average molecular weight is 312 g/mol. The summed E-state index contributed by atoms with van der Waals surface area (Å²) in [6.45, 7) is 1.53. The lowest BCUT2D eigenvalue weighted by Gasteiger charge is -2.21. The summed E-state index contributed by atoms with van der Waals surface area (Å²) in [5, 5.41) is 11.6. The number of imide groups is 1. The fourth-order valence-electron chi connectivity index (χ4n) is 2.00. The van der Waals surface area contributed by atoms with E-state index in [1.165, 1.54) is 25.1 Å². The first-order valence-corrected chi connectivity index (χ1v) is 7.92. The van der Waals surface area contributed by atoms with Crippen LogP contribution >= 0.6 is 0 Å². The van der Waals surface area contributed by atoms with Crippen LogP contribution in [0.3, 0.4) is 0 Å². The zero-order valence-electron chi connectivity index (χ0n) is 11.4. The van der Waals surface area contributed by atoms with Crippen molar-refractivity contribution in [3.8, 4) is 0 Å². The summed E-state index contributed by atoms with van der Waals surface area (Å²) in [6, 6.07) is 4.87. The molecule has 0 bridgehead atoms. The molecule has 21 heavy (non-hydrogen) atoms. The third-order valence-corrected chi connectivity index (χ3v) is 4.66. The van der Waals surface area contributed by atoms with Crippen molar-refractivity contribution in [1.82, 2.24) is 10.0 Å². The topological polar surface area (TPSA) is 113 Å². The summed E-state index contributed by atoms with van der Waals surface area (Å²) >= 11 is 0. The molecule has 0 radical (unpaired) electrons. The quantitative estimate of drug-likeness (QED) is 0.668. The Bertz CT molecular complexity index is 669. The van der Waals surface area contributed by atoms with Crippen LogP contribution in [0.2, 0.25) is 0 Å². The van der Waals surface area contributed by atoms with Gasteiger partial charge in [-0.3, -0.25) is 14.9 Å². The standard InChI is InChI=1S/C13H16N2O5S/c1-8(16)9-3-2-4-10(7-9)21(19,20)15-11-5-6-12(17)14-13(11)18/h2-4,7-8,11,15-16H,5-6H2,1H3,(H,14,17,18). The van der Waals surface area contributed by atoms with Crippen molar-refractivity contribution in [3.63, 3.8) is 0 Å². The van der Waals surface area contributed by atoms with E-state index in [9.17, 15) is 23.1 Å². The molecule has 8 heteroatoms. The molecule has 0 spiro atoms. The van der Waals surface area contributed by atoms with E-state index in [1.807, 2.05) is 0 Å². The highest BCUT2D eigenvalue weighted by molar-refractivity contribution is 7.89. The molecule has 7 nitrogen and oxygen atoms in total. The summed E-state index contributed by atoms with van der Waals surface area (Å²) in [5.74, 6) is -1.06. The molecule has 2 amide bonds. The predicted octanol–water partition coefficient (Wildman–Crippen LogP) is -0.177. The number of benzene rings is 1. The number of rotatable bonds is 4. The van der Waals surface area contributed by atoms with Gasteiger partial charge in [0.2, 0.25) is 21.8 Å². The maximum Gasteiger partial charge on any atom is 0.244 e. The van der Waals surface area contributed by atoms with Gasteiger partial charge in [-0.05, 0) is 31.0 Å². The molecule has 1 aliphatic heterocycles. The molecule has 1 aromatic rings. The van der Waals surface area contributed by atoms with Gasteiger partial charge in [-0.15, -0.1) is 0 Å². The molecule has 2 atom stereocenters. The number of hydrogen-bond acceptors (Lipinski definition) is 5. The van der Waals surface area contributed by atoms with Gasteiger partial charge < -0.3 is 5.11 Å². The Balaban J connectivity index is 2.20. The molecule has 0 aliphatic carbocycles. The van der Waals surface area contributed by atoms with Gasteiger partial charge in [-0.2, -0.15) is 4.72 Å². The number of hydrogen-bond donors (Lipinski definition) is 3. The first kappa shape index (κ1) is 15.6. The Morgan fingerprint density at radius 3 is 2.71 bits per heavy atom. The summed E-state index contributed by atoms with van der Waals surface area (Å²) in [4.78, 5) is 22.6. The van der Waals surface area contributed by atoms with E-state index < -0.39 is 34.0 Å². The van der Waals surface area contributed by atoms with Crippen LogP contribution < -0.4 is 10.0 Å². The van der Waals surface area contributed by atoms with Gasteiger partial charge in [0.1, 0.15) is 6.04 Å². The maximum absolute atomic E-state index is 12.2. The zero-order chi connectivity index (χ0) is 15.6. The molecule has 114 valence electrons. The zero-order valence-corrected chi connectivity index (χ0v) is 12.2. The fourth-order valence-corrected chi connectivity index (χ4v) is 3.29. The number of sulfonamides is 1. The molecule has 0 aromatic heterocycles. The van der Waals surface area contributed by atoms with Crippen LogP contribution in [0.25, 0.3) is 0 Å². The highest BCUT2D eigenvalue weighted by Gasteiger charge is 2.30. The number of carbonyl (C=O) groups is 2. The molecule has 1 heterocycles. The summed E-state index contributed by atoms with van der Waals surface area (Å²) < 4.78 is 26.8. The third-order valence-electron chi connectivity index (χ3n) is 3.19. The van der Waals surface area contributed by atoms with E-state index in [0.717, 1.165) is 0 Å². The molecule has 1 aliphatic rings. The number of piperidine rings is 1. The van der Waals surface area contributed by atoms with Crippen LogP contribution in [0.1, 0.15) is 31.4 Å². The maximum atomic E-state index is 12.2. The molecule has 1 saturated heterocycles. The van der Waals surface area contributed by atoms with Crippen LogP contribution in [0.15, 0.2) is 29.2 Å². The third kappa shape index (κ3) is 3.66. The Morgan fingerprint density at radius 1 is 1.38 bits per heavy atom. The van der Waals surface area contributed by atoms with E-state index in [4.69, 9.17) is 0 Å². The minimum atomic E-state index is -3.90. The van der Waals surface area contributed by atoms with E-state index in [1.54, 1.807) is 6.07 Å². The van der Waals surface area contributed by atoms with E-state index in [-0.39, 0.29) is 17.7 Å². The average Bonchev–Trinajstić information content (AvgIpc) is 2.42. The molecule has 2 unspecified atom stereocenters. The number of nitrogens with one attached hydrogen (secondary N) is 2. The highest BCUT2D eigenvalue weighted by Crippen LogP contribution is 2.18. The molecule has 1 fully saturated rings. The first-order chi connectivity index (χ1) is 9.79. The van der Waals surface area contributed by atoms with E-state index >= 15 is 0 Å². The van der Waals surface area contributed by atoms with Crippen molar-refractivity contribution >= 4 is 21.8 Å². The van der Waals surface area contributed by atoms with E-state index in [0.29, 0.717) is 5.56 Å².